The fourth-order valence-electron chi connectivity index (χ4n) is 2.22. The summed E-state index contributed by atoms with van der Waals surface area (Å²) in [7, 11) is 0. The minimum absolute atomic E-state index is 0.252. The Morgan fingerprint density at radius 1 is 1.35 bits per heavy atom. The second-order valence-electron chi connectivity index (χ2n) is 4.74. The molecule has 0 atom stereocenters. The first-order chi connectivity index (χ1) is 9.60. The van der Waals surface area contributed by atoms with Crippen LogP contribution in [0, 0.1) is 0 Å². The standard InChI is InChI=1S/C14H19ClN2O3/c1-2-20-14(19)17-7-5-16(6-8-17)10-11-9-12(15)3-4-13(11)18/h3-4,9,18H,2,5-8,10H2,1H3. The van der Waals surface area contributed by atoms with Gasteiger partial charge in [-0.25, -0.2) is 4.79 Å². The second-order valence-corrected chi connectivity index (χ2v) is 5.17. The van der Waals surface area contributed by atoms with Gasteiger partial charge in [0.15, 0.2) is 0 Å². The Labute approximate surface area is 123 Å². The number of nitrogens with zero attached hydrogens (tertiary/aromatic N) is 2. The summed E-state index contributed by atoms with van der Waals surface area (Å²) in [5.74, 6) is 0.252. The average Bonchev–Trinajstić information content (AvgIpc) is 2.44. The maximum atomic E-state index is 11.6. The number of benzene rings is 1. The molecule has 5 nitrogen and oxygen atoms in total. The largest absolute Gasteiger partial charge is 0.508 e. The van der Waals surface area contributed by atoms with Crippen molar-refractivity contribution in [3.63, 3.8) is 0 Å². The van der Waals surface area contributed by atoms with E-state index >= 15 is 0 Å². The maximum Gasteiger partial charge on any atom is 0.409 e. The van der Waals surface area contributed by atoms with Crippen molar-refractivity contribution in [1.82, 2.24) is 9.80 Å². The van der Waals surface area contributed by atoms with Crippen molar-refractivity contribution in [2.75, 3.05) is 32.8 Å². The second kappa shape index (κ2) is 6.81. The lowest BCUT2D eigenvalue weighted by Gasteiger charge is -2.34. The highest BCUT2D eigenvalue weighted by Crippen LogP contribution is 2.23. The van der Waals surface area contributed by atoms with Gasteiger partial charge in [-0.2, -0.15) is 0 Å². The lowest BCUT2D eigenvalue weighted by molar-refractivity contribution is 0.0776. The minimum Gasteiger partial charge on any atom is -0.508 e. The molecule has 1 saturated heterocycles. The fourth-order valence-corrected chi connectivity index (χ4v) is 2.42. The van der Waals surface area contributed by atoms with Crippen LogP contribution in [0.2, 0.25) is 5.02 Å². The molecule has 110 valence electrons. The first-order valence-corrected chi connectivity index (χ1v) is 7.09. The van der Waals surface area contributed by atoms with Crippen molar-refractivity contribution in [3.05, 3.63) is 28.8 Å². The smallest absolute Gasteiger partial charge is 0.409 e. The van der Waals surface area contributed by atoms with Crippen LogP contribution < -0.4 is 0 Å². The van der Waals surface area contributed by atoms with E-state index in [1.807, 2.05) is 0 Å². The van der Waals surface area contributed by atoms with Crippen LogP contribution in [0.25, 0.3) is 0 Å². The summed E-state index contributed by atoms with van der Waals surface area (Å²) in [6, 6.07) is 5.04. The van der Waals surface area contributed by atoms with Crippen LogP contribution in [0.15, 0.2) is 18.2 Å². The highest BCUT2D eigenvalue weighted by atomic mass is 35.5. The van der Waals surface area contributed by atoms with Crippen LogP contribution in [0.5, 0.6) is 5.75 Å². The molecule has 1 amide bonds. The van der Waals surface area contributed by atoms with Crippen molar-refractivity contribution < 1.29 is 14.6 Å². The van der Waals surface area contributed by atoms with Gasteiger partial charge in [-0.3, -0.25) is 4.90 Å². The molecule has 0 radical (unpaired) electrons. The predicted molar refractivity (Wildman–Crippen MR) is 77.0 cm³/mol. The van der Waals surface area contributed by atoms with E-state index in [0.29, 0.717) is 31.3 Å². The molecule has 1 aliphatic heterocycles. The quantitative estimate of drug-likeness (QED) is 0.930. The first-order valence-electron chi connectivity index (χ1n) is 6.71. The van der Waals surface area contributed by atoms with Gasteiger partial charge in [0.1, 0.15) is 5.75 Å². The van der Waals surface area contributed by atoms with Crippen molar-refractivity contribution in [2.24, 2.45) is 0 Å². The lowest BCUT2D eigenvalue weighted by atomic mass is 10.1. The molecule has 1 aromatic carbocycles. The number of ether oxygens (including phenoxy) is 1. The van der Waals surface area contributed by atoms with Gasteiger partial charge < -0.3 is 14.7 Å². The van der Waals surface area contributed by atoms with E-state index in [-0.39, 0.29) is 11.8 Å². The van der Waals surface area contributed by atoms with E-state index < -0.39 is 0 Å². The molecule has 0 aromatic heterocycles. The SMILES string of the molecule is CCOC(=O)N1CCN(Cc2cc(Cl)ccc2O)CC1. The number of carbonyl (C=O) groups is 1. The zero-order valence-corrected chi connectivity index (χ0v) is 12.3. The highest BCUT2D eigenvalue weighted by molar-refractivity contribution is 6.30. The summed E-state index contributed by atoms with van der Waals surface area (Å²) >= 11 is 5.93. The molecular formula is C14H19ClN2O3. The zero-order chi connectivity index (χ0) is 14.5. The number of phenolic OH excluding ortho intramolecular Hbond substituents is 1. The molecule has 6 heteroatoms. The molecule has 20 heavy (non-hydrogen) atoms. The van der Waals surface area contributed by atoms with Crippen molar-refractivity contribution in [1.29, 1.82) is 0 Å². The number of hydrogen-bond donors (Lipinski definition) is 1. The van der Waals surface area contributed by atoms with Crippen LogP contribution in [0.4, 0.5) is 4.79 Å². The van der Waals surface area contributed by atoms with Gasteiger partial charge >= 0.3 is 6.09 Å². The zero-order valence-electron chi connectivity index (χ0n) is 11.5. The maximum absolute atomic E-state index is 11.6. The molecule has 0 aliphatic carbocycles. The van der Waals surface area contributed by atoms with Crippen LogP contribution in [0.3, 0.4) is 0 Å². The first kappa shape index (κ1) is 14.9. The van der Waals surface area contributed by atoms with Crippen LogP contribution in [-0.2, 0) is 11.3 Å². The van der Waals surface area contributed by atoms with Gasteiger partial charge in [-0.15, -0.1) is 0 Å². The van der Waals surface area contributed by atoms with Crippen LogP contribution in [-0.4, -0.2) is 53.8 Å². The molecule has 1 aromatic rings. The van der Waals surface area contributed by atoms with Gasteiger partial charge in [0.25, 0.3) is 0 Å². The summed E-state index contributed by atoms with van der Waals surface area (Å²) < 4.78 is 4.98. The number of aromatic hydroxyl groups is 1. The Kier molecular flexibility index (Phi) is 5.09. The monoisotopic (exact) mass is 298 g/mol. The fraction of sp³-hybridized carbons (Fsp3) is 0.500. The van der Waals surface area contributed by atoms with Gasteiger partial charge in [0.05, 0.1) is 6.61 Å². The number of halogens is 1. The van der Waals surface area contributed by atoms with Gasteiger partial charge in [-0.1, -0.05) is 11.6 Å². The third kappa shape index (κ3) is 3.77. The summed E-state index contributed by atoms with van der Waals surface area (Å²) in [6.07, 6.45) is -0.252. The molecular weight excluding hydrogens is 280 g/mol. The van der Waals surface area contributed by atoms with E-state index in [0.717, 1.165) is 18.7 Å². The Morgan fingerprint density at radius 3 is 2.70 bits per heavy atom. The molecule has 1 fully saturated rings. The topological polar surface area (TPSA) is 53.0 Å². The molecule has 1 N–H and O–H groups in total. The van der Waals surface area contributed by atoms with Gasteiger partial charge in [-0.05, 0) is 25.1 Å². The summed E-state index contributed by atoms with van der Waals surface area (Å²) in [4.78, 5) is 15.5. The summed E-state index contributed by atoms with van der Waals surface area (Å²) in [5, 5.41) is 10.4. The Bertz CT molecular complexity index is 473. The third-order valence-electron chi connectivity index (χ3n) is 3.33. The number of hydrogen-bond acceptors (Lipinski definition) is 4. The van der Waals surface area contributed by atoms with Crippen molar-refractivity contribution >= 4 is 17.7 Å². The van der Waals surface area contributed by atoms with Crippen LogP contribution >= 0.6 is 11.6 Å². The molecule has 0 spiro atoms. The molecule has 1 heterocycles. The summed E-state index contributed by atoms with van der Waals surface area (Å²) in [6.45, 7) is 5.62. The van der Waals surface area contributed by atoms with E-state index in [4.69, 9.17) is 16.3 Å². The lowest BCUT2D eigenvalue weighted by Crippen LogP contribution is -2.48. The van der Waals surface area contributed by atoms with Gasteiger partial charge in [0.2, 0.25) is 0 Å². The number of phenols is 1. The molecule has 1 aliphatic rings. The van der Waals surface area contributed by atoms with Crippen LogP contribution in [0.1, 0.15) is 12.5 Å². The number of piperazine rings is 1. The Balaban J connectivity index is 1.88. The van der Waals surface area contributed by atoms with E-state index in [1.165, 1.54) is 0 Å². The van der Waals surface area contributed by atoms with Gasteiger partial charge in [0, 0.05) is 43.3 Å². The molecule has 0 unspecified atom stereocenters. The molecule has 0 bridgehead atoms. The average molecular weight is 299 g/mol. The molecule has 0 saturated carbocycles. The highest BCUT2D eigenvalue weighted by Gasteiger charge is 2.22. The Hall–Kier alpha value is -1.46. The van der Waals surface area contributed by atoms with E-state index in [2.05, 4.69) is 4.90 Å². The van der Waals surface area contributed by atoms with Crippen molar-refractivity contribution in [2.45, 2.75) is 13.5 Å². The minimum atomic E-state index is -0.252. The third-order valence-corrected chi connectivity index (χ3v) is 3.57. The molecule has 2 rings (SSSR count). The van der Waals surface area contributed by atoms with E-state index in [1.54, 1.807) is 30.0 Å². The number of amides is 1. The Morgan fingerprint density at radius 2 is 2.05 bits per heavy atom. The number of rotatable bonds is 3. The van der Waals surface area contributed by atoms with E-state index in [9.17, 15) is 9.90 Å². The van der Waals surface area contributed by atoms with Crippen molar-refractivity contribution in [3.8, 4) is 5.75 Å². The predicted octanol–water partition coefficient (Wildman–Crippen LogP) is 2.32. The summed E-state index contributed by atoms with van der Waals surface area (Å²) in [5.41, 5.74) is 0.807. The number of carbonyl (C=O) groups excluding carboxylic acids is 1. The normalized spacial score (nSPS) is 16.2.